The van der Waals surface area contributed by atoms with Crippen LogP contribution < -0.4 is 10.6 Å². The Morgan fingerprint density at radius 2 is 2.35 bits per heavy atom. The Kier molecular flexibility index (Phi) is 4.16. The van der Waals surface area contributed by atoms with Crippen molar-refractivity contribution in [3.05, 3.63) is 27.9 Å². The third kappa shape index (κ3) is 3.04. The molecule has 1 aromatic rings. The molecule has 7 nitrogen and oxygen atoms in total. The summed E-state index contributed by atoms with van der Waals surface area (Å²) in [5.41, 5.74) is -0.217. The molecule has 2 rings (SSSR count). The fraction of sp³-hybridized carbons (Fsp3) is 0.538. The van der Waals surface area contributed by atoms with E-state index in [9.17, 15) is 14.9 Å². The lowest BCUT2D eigenvalue weighted by Gasteiger charge is -2.07. The molecule has 0 aromatic carbocycles. The molecule has 0 spiro atoms. The van der Waals surface area contributed by atoms with Gasteiger partial charge in [0.2, 0.25) is 0 Å². The normalized spacial score (nSPS) is 20.3. The smallest absolute Gasteiger partial charge is 0.300 e. The van der Waals surface area contributed by atoms with Crippen LogP contribution in [-0.2, 0) is 0 Å². The van der Waals surface area contributed by atoms with Crippen molar-refractivity contribution in [3.63, 3.8) is 0 Å². The molecule has 0 bridgehead atoms. The number of carbonyl (C=O) groups is 1. The lowest BCUT2D eigenvalue weighted by atomic mass is 10.2. The zero-order valence-corrected chi connectivity index (χ0v) is 11.5. The van der Waals surface area contributed by atoms with Crippen LogP contribution in [0.15, 0.2) is 12.3 Å². The molecule has 0 saturated heterocycles. The summed E-state index contributed by atoms with van der Waals surface area (Å²) in [6.45, 7) is 2.10. The van der Waals surface area contributed by atoms with E-state index in [-0.39, 0.29) is 17.3 Å². The Balaban J connectivity index is 2.14. The van der Waals surface area contributed by atoms with Gasteiger partial charge in [-0.15, -0.1) is 0 Å². The average Bonchev–Trinajstić information content (AvgIpc) is 3.16. The van der Waals surface area contributed by atoms with Crippen LogP contribution in [0.25, 0.3) is 0 Å². The van der Waals surface area contributed by atoms with Gasteiger partial charge >= 0.3 is 0 Å². The summed E-state index contributed by atoms with van der Waals surface area (Å²) < 4.78 is 0. The lowest BCUT2D eigenvalue weighted by Crippen LogP contribution is -2.27. The van der Waals surface area contributed by atoms with Crippen LogP contribution in [0.5, 0.6) is 0 Å². The molecule has 1 aromatic heterocycles. The molecule has 108 valence electrons. The highest BCUT2D eigenvalue weighted by molar-refractivity contribution is 5.99. The molecule has 2 atom stereocenters. The van der Waals surface area contributed by atoms with Gasteiger partial charge in [-0.2, -0.15) is 0 Å². The molecule has 1 fully saturated rings. The van der Waals surface area contributed by atoms with Crippen molar-refractivity contribution in [1.29, 1.82) is 0 Å². The highest BCUT2D eigenvalue weighted by Gasteiger charge is 2.38. The van der Waals surface area contributed by atoms with E-state index >= 15 is 0 Å². The molecule has 20 heavy (non-hydrogen) atoms. The molecule has 1 amide bonds. The Hall–Kier alpha value is -2.18. The van der Waals surface area contributed by atoms with E-state index in [1.165, 1.54) is 6.07 Å². The largest absolute Gasteiger partial charge is 0.373 e. The van der Waals surface area contributed by atoms with Gasteiger partial charge in [0, 0.05) is 19.2 Å². The number of aromatic nitrogens is 1. The molecule has 0 aliphatic heterocycles. The number of pyridine rings is 1. The highest BCUT2D eigenvalue weighted by atomic mass is 16.6. The highest BCUT2D eigenvalue weighted by Crippen LogP contribution is 2.35. The van der Waals surface area contributed by atoms with Crippen LogP contribution in [0.1, 0.15) is 36.5 Å². The van der Waals surface area contributed by atoms with Crippen molar-refractivity contribution in [1.82, 2.24) is 10.3 Å². The molecule has 2 N–H and O–H groups in total. The van der Waals surface area contributed by atoms with Gasteiger partial charge in [0.25, 0.3) is 11.6 Å². The predicted molar refractivity (Wildman–Crippen MR) is 74.7 cm³/mol. The maximum atomic E-state index is 12.2. The average molecular weight is 278 g/mol. The van der Waals surface area contributed by atoms with Crippen LogP contribution in [0, 0.1) is 16.0 Å². The van der Waals surface area contributed by atoms with Crippen LogP contribution in [0.2, 0.25) is 0 Å². The Bertz CT molecular complexity index is 532. The van der Waals surface area contributed by atoms with Gasteiger partial charge in [0.15, 0.2) is 0 Å². The summed E-state index contributed by atoms with van der Waals surface area (Å²) in [6, 6.07) is 1.55. The van der Waals surface area contributed by atoms with E-state index in [1.54, 1.807) is 7.05 Å². The van der Waals surface area contributed by atoms with Gasteiger partial charge in [0.05, 0.1) is 4.92 Å². The fourth-order valence-electron chi connectivity index (χ4n) is 2.27. The Morgan fingerprint density at radius 3 is 2.95 bits per heavy atom. The van der Waals surface area contributed by atoms with Gasteiger partial charge in [-0.05, 0) is 18.8 Å². The van der Waals surface area contributed by atoms with E-state index in [4.69, 9.17) is 0 Å². The monoisotopic (exact) mass is 278 g/mol. The summed E-state index contributed by atoms with van der Waals surface area (Å²) in [4.78, 5) is 26.4. The van der Waals surface area contributed by atoms with Gasteiger partial charge in [-0.3, -0.25) is 14.9 Å². The molecule has 1 aliphatic carbocycles. The first kappa shape index (κ1) is 14.2. The number of nitrogens with zero attached hydrogens (tertiary/aromatic N) is 2. The van der Waals surface area contributed by atoms with Crippen molar-refractivity contribution in [2.24, 2.45) is 5.92 Å². The minimum Gasteiger partial charge on any atom is -0.373 e. The zero-order valence-electron chi connectivity index (χ0n) is 11.5. The number of carbonyl (C=O) groups excluding carboxylic acids is 1. The predicted octanol–water partition coefficient (Wildman–Crippen LogP) is 1.95. The zero-order chi connectivity index (χ0) is 14.7. The minimum atomic E-state index is -0.586. The molecule has 1 heterocycles. The number of nitrogens with one attached hydrogen (secondary N) is 2. The number of rotatable bonds is 6. The number of anilines is 1. The second-order valence-electron chi connectivity index (χ2n) is 4.96. The SMILES string of the molecule is CCCC1CC1NC(=O)c1cc(NC)ncc1[N+](=O)[O-]. The van der Waals surface area contributed by atoms with Crippen molar-refractivity contribution < 1.29 is 9.72 Å². The van der Waals surface area contributed by atoms with E-state index in [2.05, 4.69) is 22.5 Å². The number of amides is 1. The number of hydrogen-bond donors (Lipinski definition) is 2. The summed E-state index contributed by atoms with van der Waals surface area (Å²) in [5, 5.41) is 16.6. The second-order valence-corrected chi connectivity index (χ2v) is 4.96. The van der Waals surface area contributed by atoms with Gasteiger partial charge in [-0.25, -0.2) is 4.98 Å². The molecule has 7 heteroatoms. The summed E-state index contributed by atoms with van der Waals surface area (Å²) in [7, 11) is 1.65. The third-order valence-electron chi connectivity index (χ3n) is 3.48. The van der Waals surface area contributed by atoms with E-state index in [0.29, 0.717) is 11.7 Å². The molecule has 2 unspecified atom stereocenters. The quantitative estimate of drug-likeness (QED) is 0.612. The van der Waals surface area contributed by atoms with Crippen molar-refractivity contribution in [3.8, 4) is 0 Å². The standard InChI is InChI=1S/C13H18N4O3/c1-3-4-8-5-10(8)16-13(18)9-6-12(14-2)15-7-11(9)17(19)20/h6-8,10H,3-5H2,1-2H3,(H,14,15)(H,16,18). The van der Waals surface area contributed by atoms with E-state index in [0.717, 1.165) is 25.5 Å². The van der Waals surface area contributed by atoms with Crippen molar-refractivity contribution in [2.75, 3.05) is 12.4 Å². The second kappa shape index (κ2) is 5.85. The topological polar surface area (TPSA) is 97.2 Å². The molecule has 1 aliphatic rings. The molecule has 1 saturated carbocycles. The van der Waals surface area contributed by atoms with E-state index < -0.39 is 10.8 Å². The van der Waals surface area contributed by atoms with E-state index in [1.807, 2.05) is 0 Å². The Morgan fingerprint density at radius 1 is 1.60 bits per heavy atom. The maximum absolute atomic E-state index is 12.2. The van der Waals surface area contributed by atoms with Crippen LogP contribution in [-0.4, -0.2) is 28.9 Å². The third-order valence-corrected chi connectivity index (χ3v) is 3.48. The van der Waals surface area contributed by atoms with Gasteiger partial charge in [0.1, 0.15) is 17.6 Å². The molecule has 0 radical (unpaired) electrons. The first-order valence-electron chi connectivity index (χ1n) is 6.69. The molecular formula is C13H18N4O3. The fourth-order valence-corrected chi connectivity index (χ4v) is 2.27. The summed E-state index contributed by atoms with van der Waals surface area (Å²) in [6.07, 6.45) is 4.22. The lowest BCUT2D eigenvalue weighted by molar-refractivity contribution is -0.385. The van der Waals surface area contributed by atoms with Crippen molar-refractivity contribution >= 4 is 17.4 Å². The first-order valence-corrected chi connectivity index (χ1v) is 6.69. The minimum absolute atomic E-state index is 0.0523. The van der Waals surface area contributed by atoms with Gasteiger partial charge in [-0.1, -0.05) is 13.3 Å². The van der Waals surface area contributed by atoms with Crippen molar-refractivity contribution in [2.45, 2.75) is 32.2 Å². The van der Waals surface area contributed by atoms with Gasteiger partial charge < -0.3 is 10.6 Å². The maximum Gasteiger partial charge on any atom is 0.300 e. The summed E-state index contributed by atoms with van der Waals surface area (Å²) in [5.74, 6) is 0.537. The first-order chi connectivity index (χ1) is 9.56. The molecular weight excluding hydrogens is 260 g/mol. The van der Waals surface area contributed by atoms with Crippen LogP contribution in [0.3, 0.4) is 0 Å². The van der Waals surface area contributed by atoms with Crippen LogP contribution >= 0.6 is 0 Å². The van der Waals surface area contributed by atoms with Crippen LogP contribution in [0.4, 0.5) is 11.5 Å². The number of nitro groups is 1. The summed E-state index contributed by atoms with van der Waals surface area (Å²) >= 11 is 0. The number of hydrogen-bond acceptors (Lipinski definition) is 5. The Labute approximate surface area is 116 Å².